The van der Waals surface area contributed by atoms with Gasteiger partial charge in [0.25, 0.3) is 0 Å². The minimum Gasteiger partial charge on any atom is -0.461 e. The molecule has 0 aliphatic heterocycles. The molecule has 0 spiro atoms. The van der Waals surface area contributed by atoms with Gasteiger partial charge in [0, 0.05) is 18.8 Å². The summed E-state index contributed by atoms with van der Waals surface area (Å²) in [5.74, 6) is 0.0447. The second-order valence-corrected chi connectivity index (χ2v) is 3.78. The van der Waals surface area contributed by atoms with E-state index in [1.807, 2.05) is 20.0 Å². The summed E-state index contributed by atoms with van der Waals surface area (Å²) in [7, 11) is 0. The molecular formula is C12H15N3O3. The average molecular weight is 249 g/mol. The molecule has 0 aromatic carbocycles. The standard InChI is InChI=1S/C12H15N3O3/c1-4-15-7-9(8(3)13-15)11-6-10(14-18-11)12(16)17-5-2/h6-7H,4-5H2,1-3H3. The minimum atomic E-state index is -0.479. The fraction of sp³-hybridized carbons (Fsp3) is 0.417. The van der Waals surface area contributed by atoms with Gasteiger partial charge >= 0.3 is 5.97 Å². The van der Waals surface area contributed by atoms with Crippen molar-refractivity contribution in [2.24, 2.45) is 0 Å². The molecule has 0 radical (unpaired) electrons. The van der Waals surface area contributed by atoms with E-state index in [-0.39, 0.29) is 5.69 Å². The van der Waals surface area contributed by atoms with Crippen LogP contribution in [0.3, 0.4) is 0 Å². The fourth-order valence-corrected chi connectivity index (χ4v) is 1.63. The van der Waals surface area contributed by atoms with Crippen LogP contribution in [0.5, 0.6) is 0 Å². The Morgan fingerprint density at radius 1 is 1.50 bits per heavy atom. The maximum atomic E-state index is 11.5. The van der Waals surface area contributed by atoms with Gasteiger partial charge in [-0.25, -0.2) is 4.79 Å². The largest absolute Gasteiger partial charge is 0.461 e. The molecule has 18 heavy (non-hydrogen) atoms. The van der Waals surface area contributed by atoms with Crippen LogP contribution in [0.2, 0.25) is 0 Å². The summed E-state index contributed by atoms with van der Waals surface area (Å²) in [5, 5.41) is 8.01. The summed E-state index contributed by atoms with van der Waals surface area (Å²) in [4.78, 5) is 11.5. The lowest BCUT2D eigenvalue weighted by atomic mass is 10.2. The van der Waals surface area contributed by atoms with Crippen LogP contribution in [0.15, 0.2) is 16.8 Å². The molecule has 2 rings (SSSR count). The molecule has 0 atom stereocenters. The molecule has 96 valence electrons. The first-order valence-electron chi connectivity index (χ1n) is 5.84. The Balaban J connectivity index is 2.28. The summed E-state index contributed by atoms with van der Waals surface area (Å²) >= 11 is 0. The van der Waals surface area contributed by atoms with Crippen molar-refractivity contribution < 1.29 is 14.1 Å². The van der Waals surface area contributed by atoms with Crippen LogP contribution < -0.4 is 0 Å². The van der Waals surface area contributed by atoms with Gasteiger partial charge in [0.1, 0.15) is 0 Å². The Kier molecular flexibility index (Phi) is 3.45. The quantitative estimate of drug-likeness (QED) is 0.775. The first-order valence-corrected chi connectivity index (χ1v) is 5.84. The van der Waals surface area contributed by atoms with E-state index in [1.54, 1.807) is 17.7 Å². The summed E-state index contributed by atoms with van der Waals surface area (Å²) in [6.45, 7) is 6.72. The highest BCUT2D eigenvalue weighted by Crippen LogP contribution is 2.23. The zero-order valence-corrected chi connectivity index (χ0v) is 10.6. The van der Waals surface area contributed by atoms with Gasteiger partial charge in [0.15, 0.2) is 11.5 Å². The number of esters is 1. The molecule has 0 N–H and O–H groups in total. The number of aryl methyl sites for hydroxylation is 2. The summed E-state index contributed by atoms with van der Waals surface area (Å²) in [5.41, 5.74) is 1.85. The van der Waals surface area contributed by atoms with Crippen LogP contribution in [0.25, 0.3) is 11.3 Å². The molecule has 2 aromatic heterocycles. The van der Waals surface area contributed by atoms with Crippen LogP contribution in [-0.4, -0.2) is 27.5 Å². The van der Waals surface area contributed by atoms with Gasteiger partial charge in [-0.3, -0.25) is 4.68 Å². The monoisotopic (exact) mass is 249 g/mol. The van der Waals surface area contributed by atoms with E-state index >= 15 is 0 Å². The van der Waals surface area contributed by atoms with Crippen molar-refractivity contribution in [1.29, 1.82) is 0 Å². The number of carbonyl (C=O) groups excluding carboxylic acids is 1. The normalized spacial score (nSPS) is 10.6. The number of hydrogen-bond donors (Lipinski definition) is 0. The Morgan fingerprint density at radius 3 is 2.89 bits per heavy atom. The van der Waals surface area contributed by atoms with Gasteiger partial charge in [0.05, 0.1) is 17.9 Å². The number of rotatable bonds is 4. The maximum Gasteiger partial charge on any atom is 0.360 e. The highest BCUT2D eigenvalue weighted by Gasteiger charge is 2.17. The third-order valence-corrected chi connectivity index (χ3v) is 2.53. The van der Waals surface area contributed by atoms with Gasteiger partial charge in [-0.1, -0.05) is 5.16 Å². The van der Waals surface area contributed by atoms with Gasteiger partial charge < -0.3 is 9.26 Å². The highest BCUT2D eigenvalue weighted by atomic mass is 16.5. The third kappa shape index (κ3) is 2.27. The molecule has 0 aliphatic carbocycles. The van der Waals surface area contributed by atoms with E-state index in [1.165, 1.54) is 0 Å². The van der Waals surface area contributed by atoms with E-state index in [4.69, 9.17) is 9.26 Å². The number of aromatic nitrogens is 3. The Hall–Kier alpha value is -2.11. The van der Waals surface area contributed by atoms with Crippen LogP contribution in [0, 0.1) is 6.92 Å². The number of hydrogen-bond acceptors (Lipinski definition) is 5. The maximum absolute atomic E-state index is 11.5. The van der Waals surface area contributed by atoms with Crippen molar-refractivity contribution in [2.45, 2.75) is 27.3 Å². The molecule has 0 saturated carbocycles. The lowest BCUT2D eigenvalue weighted by Gasteiger charge is -1.94. The molecule has 2 aromatic rings. The predicted molar refractivity (Wildman–Crippen MR) is 64.1 cm³/mol. The van der Waals surface area contributed by atoms with Crippen LogP contribution >= 0.6 is 0 Å². The summed E-state index contributed by atoms with van der Waals surface area (Å²) < 4.78 is 11.8. The van der Waals surface area contributed by atoms with Crippen molar-refractivity contribution in [2.75, 3.05) is 6.61 Å². The number of carbonyl (C=O) groups is 1. The lowest BCUT2D eigenvalue weighted by Crippen LogP contribution is -2.04. The first-order chi connectivity index (χ1) is 8.65. The topological polar surface area (TPSA) is 70.2 Å². The van der Waals surface area contributed by atoms with E-state index in [9.17, 15) is 4.79 Å². The van der Waals surface area contributed by atoms with E-state index in [0.29, 0.717) is 12.4 Å². The van der Waals surface area contributed by atoms with Crippen molar-refractivity contribution in [3.63, 3.8) is 0 Å². The minimum absolute atomic E-state index is 0.176. The summed E-state index contributed by atoms with van der Waals surface area (Å²) in [6, 6.07) is 1.57. The molecule has 6 nitrogen and oxygen atoms in total. The Bertz CT molecular complexity index is 557. The highest BCUT2D eigenvalue weighted by molar-refractivity contribution is 5.88. The molecule has 0 unspecified atom stereocenters. The predicted octanol–water partition coefficient (Wildman–Crippen LogP) is 2.04. The Morgan fingerprint density at radius 2 is 2.28 bits per heavy atom. The zero-order chi connectivity index (χ0) is 13.1. The molecule has 0 aliphatic rings. The molecule has 0 bridgehead atoms. The second kappa shape index (κ2) is 5.03. The molecule has 0 fully saturated rings. The average Bonchev–Trinajstić information content (AvgIpc) is 2.95. The molecule has 0 amide bonds. The number of nitrogens with zero attached hydrogens (tertiary/aromatic N) is 3. The van der Waals surface area contributed by atoms with Crippen LogP contribution in [0.1, 0.15) is 30.0 Å². The first kappa shape index (κ1) is 12.3. The van der Waals surface area contributed by atoms with Crippen molar-refractivity contribution in [3.05, 3.63) is 23.7 Å². The molecule has 0 saturated heterocycles. The van der Waals surface area contributed by atoms with E-state index in [2.05, 4.69) is 10.3 Å². The van der Waals surface area contributed by atoms with Gasteiger partial charge in [0.2, 0.25) is 0 Å². The lowest BCUT2D eigenvalue weighted by molar-refractivity contribution is 0.0514. The van der Waals surface area contributed by atoms with Gasteiger partial charge in [-0.05, 0) is 20.8 Å². The molecular weight excluding hydrogens is 234 g/mol. The third-order valence-electron chi connectivity index (χ3n) is 2.53. The van der Waals surface area contributed by atoms with Crippen LogP contribution in [0.4, 0.5) is 0 Å². The fourth-order valence-electron chi connectivity index (χ4n) is 1.63. The molecule has 6 heteroatoms. The molecule has 2 heterocycles. The van der Waals surface area contributed by atoms with Gasteiger partial charge in [-0.2, -0.15) is 5.10 Å². The van der Waals surface area contributed by atoms with Crippen molar-refractivity contribution in [1.82, 2.24) is 14.9 Å². The Labute approximate surface area is 105 Å². The zero-order valence-electron chi connectivity index (χ0n) is 10.6. The van der Waals surface area contributed by atoms with Crippen molar-refractivity contribution in [3.8, 4) is 11.3 Å². The smallest absolute Gasteiger partial charge is 0.360 e. The van der Waals surface area contributed by atoms with Crippen molar-refractivity contribution >= 4 is 5.97 Å². The SMILES string of the molecule is CCOC(=O)c1cc(-c2cn(CC)nc2C)on1. The van der Waals surface area contributed by atoms with E-state index < -0.39 is 5.97 Å². The summed E-state index contributed by atoms with van der Waals surface area (Å²) in [6.07, 6.45) is 1.87. The van der Waals surface area contributed by atoms with Gasteiger partial charge in [-0.15, -0.1) is 0 Å². The van der Waals surface area contributed by atoms with E-state index in [0.717, 1.165) is 17.8 Å². The second-order valence-electron chi connectivity index (χ2n) is 3.78. The number of ether oxygens (including phenoxy) is 1. The van der Waals surface area contributed by atoms with Crippen LogP contribution in [-0.2, 0) is 11.3 Å².